The third-order valence-corrected chi connectivity index (χ3v) is 4.86. The van der Waals surface area contributed by atoms with Crippen LogP contribution in [0.25, 0.3) is 5.69 Å². The number of aromatic carboxylic acids is 2. The fourth-order valence-corrected chi connectivity index (χ4v) is 3.37. The topological polar surface area (TPSA) is 101 Å². The number of benzene rings is 2. The van der Waals surface area contributed by atoms with E-state index in [4.69, 9.17) is 16.3 Å². The highest BCUT2D eigenvalue weighted by molar-refractivity contribution is 6.30. The van der Waals surface area contributed by atoms with Crippen molar-refractivity contribution in [1.82, 2.24) is 4.57 Å². The molecule has 0 atom stereocenters. The lowest BCUT2D eigenvalue weighted by Crippen LogP contribution is -2.07. The van der Waals surface area contributed by atoms with E-state index in [0.29, 0.717) is 22.1 Å². The van der Waals surface area contributed by atoms with Gasteiger partial charge in [0.2, 0.25) is 0 Å². The van der Waals surface area contributed by atoms with Gasteiger partial charge in [0.05, 0.1) is 18.2 Å². The molecule has 0 fully saturated rings. The van der Waals surface area contributed by atoms with E-state index in [1.165, 1.54) is 12.1 Å². The molecule has 0 bridgehead atoms. The fraction of sp³-hybridized carbons (Fsp3) is 0.136. The summed E-state index contributed by atoms with van der Waals surface area (Å²) in [5.74, 6) is -1.82. The van der Waals surface area contributed by atoms with Gasteiger partial charge >= 0.3 is 11.9 Å². The third kappa shape index (κ3) is 4.21. The molecule has 0 aliphatic carbocycles. The van der Waals surface area contributed by atoms with E-state index in [2.05, 4.69) is 4.99 Å². The number of aliphatic imine (C=N–C) groups is 1. The van der Waals surface area contributed by atoms with Crippen LogP contribution in [-0.4, -0.2) is 40.0 Å². The van der Waals surface area contributed by atoms with Crippen LogP contribution in [0.2, 0.25) is 5.02 Å². The van der Waals surface area contributed by atoms with Gasteiger partial charge in [-0.3, -0.25) is 4.99 Å². The molecule has 0 aliphatic rings. The number of carboxylic acids is 2. The summed E-state index contributed by atoms with van der Waals surface area (Å²) in [4.78, 5) is 27.3. The first-order valence-electron chi connectivity index (χ1n) is 8.90. The molecule has 0 unspecified atom stereocenters. The summed E-state index contributed by atoms with van der Waals surface area (Å²) < 4.78 is 7.09. The van der Waals surface area contributed by atoms with Crippen molar-refractivity contribution >= 4 is 35.4 Å². The smallest absolute Gasteiger partial charge is 0.335 e. The molecule has 2 N–H and O–H groups in total. The lowest BCUT2D eigenvalue weighted by Gasteiger charge is -2.12. The van der Waals surface area contributed by atoms with Gasteiger partial charge in [-0.2, -0.15) is 0 Å². The van der Waals surface area contributed by atoms with Gasteiger partial charge in [-0.25, -0.2) is 9.59 Å². The van der Waals surface area contributed by atoms with Gasteiger partial charge in [-0.05, 0) is 56.3 Å². The molecule has 8 heteroatoms. The lowest BCUT2D eigenvalue weighted by atomic mass is 10.1. The second-order valence-corrected chi connectivity index (χ2v) is 7.05. The minimum absolute atomic E-state index is 0.101. The molecule has 1 aromatic heterocycles. The molecule has 0 saturated heterocycles. The zero-order valence-corrected chi connectivity index (χ0v) is 17.3. The van der Waals surface area contributed by atoms with Gasteiger partial charge in [0.15, 0.2) is 0 Å². The Hall–Kier alpha value is -3.58. The SMILES string of the molecule is COc1ccc(Cl)cc1N=Cc1cc(C)n(-c2cc(C(=O)O)cc(C(=O)O)c2)c1C. The van der Waals surface area contributed by atoms with Gasteiger partial charge in [0.25, 0.3) is 0 Å². The number of carboxylic acid groups (broad SMARTS) is 2. The lowest BCUT2D eigenvalue weighted by molar-refractivity contribution is 0.0696. The molecule has 0 amide bonds. The molecular formula is C22H19ClN2O5. The van der Waals surface area contributed by atoms with E-state index >= 15 is 0 Å². The second-order valence-electron chi connectivity index (χ2n) is 6.62. The predicted octanol–water partition coefficient (Wildman–Crippen LogP) is 4.90. The molecule has 0 radical (unpaired) electrons. The van der Waals surface area contributed by atoms with Crippen molar-refractivity contribution in [1.29, 1.82) is 0 Å². The molecule has 0 aliphatic heterocycles. The van der Waals surface area contributed by atoms with E-state index in [1.807, 2.05) is 19.9 Å². The number of halogens is 1. The molecule has 2 aromatic carbocycles. The van der Waals surface area contributed by atoms with Crippen molar-refractivity contribution in [2.24, 2.45) is 4.99 Å². The van der Waals surface area contributed by atoms with Gasteiger partial charge < -0.3 is 19.5 Å². The number of ether oxygens (including phenoxy) is 1. The van der Waals surface area contributed by atoms with Gasteiger partial charge in [0, 0.05) is 33.9 Å². The van der Waals surface area contributed by atoms with E-state index in [-0.39, 0.29) is 11.1 Å². The minimum Gasteiger partial charge on any atom is -0.494 e. The van der Waals surface area contributed by atoms with Crippen LogP contribution in [0.15, 0.2) is 47.5 Å². The number of hydrogen-bond acceptors (Lipinski definition) is 4. The van der Waals surface area contributed by atoms with Crippen LogP contribution in [0.3, 0.4) is 0 Å². The average molecular weight is 427 g/mol. The van der Waals surface area contributed by atoms with Crippen molar-refractivity contribution in [3.63, 3.8) is 0 Å². The number of carbonyl (C=O) groups is 2. The maximum atomic E-state index is 11.4. The molecular weight excluding hydrogens is 408 g/mol. The standard InChI is InChI=1S/C22H19ClN2O5/c1-12-6-16(11-24-19-10-17(23)4-5-20(19)30-3)13(2)25(12)18-8-14(21(26)27)7-15(9-18)22(28)29/h4-11H,1-3H3,(H,26,27)(H,28,29). The Labute approximate surface area is 177 Å². The zero-order valence-electron chi connectivity index (χ0n) is 16.5. The maximum absolute atomic E-state index is 11.4. The molecule has 0 spiro atoms. The van der Waals surface area contributed by atoms with Crippen LogP contribution in [-0.2, 0) is 0 Å². The van der Waals surface area contributed by atoms with E-state index in [9.17, 15) is 19.8 Å². The summed E-state index contributed by atoms with van der Waals surface area (Å²) in [6.07, 6.45) is 1.66. The number of aromatic nitrogens is 1. The first-order valence-corrected chi connectivity index (χ1v) is 9.27. The highest BCUT2D eigenvalue weighted by Crippen LogP contribution is 2.31. The Morgan fingerprint density at radius 1 is 1.03 bits per heavy atom. The number of aryl methyl sites for hydroxylation is 1. The molecule has 1 heterocycles. The normalized spacial score (nSPS) is 11.1. The van der Waals surface area contributed by atoms with Gasteiger partial charge in [0.1, 0.15) is 11.4 Å². The van der Waals surface area contributed by atoms with Crippen molar-refractivity contribution in [3.8, 4) is 11.4 Å². The summed E-state index contributed by atoms with van der Waals surface area (Å²) >= 11 is 6.05. The van der Waals surface area contributed by atoms with Crippen molar-refractivity contribution < 1.29 is 24.5 Å². The molecule has 154 valence electrons. The molecule has 7 nitrogen and oxygen atoms in total. The van der Waals surface area contributed by atoms with Crippen LogP contribution in [0.5, 0.6) is 5.75 Å². The number of hydrogen-bond donors (Lipinski definition) is 2. The first-order chi connectivity index (χ1) is 14.2. The van der Waals surface area contributed by atoms with Crippen LogP contribution >= 0.6 is 11.6 Å². The second kappa shape index (κ2) is 8.42. The first kappa shape index (κ1) is 21.1. The average Bonchev–Trinajstić information content (AvgIpc) is 2.99. The summed E-state index contributed by atoms with van der Waals surface area (Å²) in [5, 5.41) is 19.2. The summed E-state index contributed by atoms with van der Waals surface area (Å²) in [6, 6.07) is 11.0. The largest absolute Gasteiger partial charge is 0.494 e. The summed E-state index contributed by atoms with van der Waals surface area (Å²) in [6.45, 7) is 3.69. The van der Waals surface area contributed by atoms with Crippen molar-refractivity contribution in [2.75, 3.05) is 7.11 Å². The van der Waals surface area contributed by atoms with Crippen LogP contribution < -0.4 is 4.74 Å². The number of rotatable bonds is 6. The van der Waals surface area contributed by atoms with Gasteiger partial charge in [-0.1, -0.05) is 11.6 Å². The van der Waals surface area contributed by atoms with E-state index in [1.54, 1.807) is 36.1 Å². The predicted molar refractivity (Wildman–Crippen MR) is 114 cm³/mol. The summed E-state index contributed by atoms with van der Waals surface area (Å²) in [7, 11) is 1.55. The van der Waals surface area contributed by atoms with E-state index in [0.717, 1.165) is 23.0 Å². The zero-order chi connectivity index (χ0) is 22.0. The number of nitrogens with zero attached hydrogens (tertiary/aromatic N) is 2. The van der Waals surface area contributed by atoms with Crippen molar-refractivity contribution in [3.05, 3.63) is 75.6 Å². The fourth-order valence-electron chi connectivity index (χ4n) is 3.21. The molecule has 0 saturated carbocycles. The Kier molecular flexibility index (Phi) is 5.94. The van der Waals surface area contributed by atoms with Crippen molar-refractivity contribution in [2.45, 2.75) is 13.8 Å². The highest BCUT2D eigenvalue weighted by Gasteiger charge is 2.16. The van der Waals surface area contributed by atoms with Crippen LogP contribution in [0.1, 0.15) is 37.7 Å². The van der Waals surface area contributed by atoms with E-state index < -0.39 is 11.9 Å². The molecule has 3 rings (SSSR count). The quantitative estimate of drug-likeness (QED) is 0.546. The Bertz CT molecular complexity index is 1150. The van der Waals surface area contributed by atoms with Crippen LogP contribution in [0, 0.1) is 13.8 Å². The Morgan fingerprint density at radius 3 is 2.23 bits per heavy atom. The summed E-state index contributed by atoms with van der Waals surface area (Å²) in [5.41, 5.74) is 3.17. The monoisotopic (exact) mass is 426 g/mol. The Balaban J connectivity index is 2.08. The molecule has 3 aromatic rings. The maximum Gasteiger partial charge on any atom is 0.335 e. The third-order valence-electron chi connectivity index (χ3n) is 4.62. The highest BCUT2D eigenvalue weighted by atomic mass is 35.5. The van der Waals surface area contributed by atoms with Gasteiger partial charge in [-0.15, -0.1) is 0 Å². The Morgan fingerprint density at radius 2 is 1.67 bits per heavy atom. The minimum atomic E-state index is -1.20. The number of methoxy groups -OCH3 is 1. The van der Waals surface area contributed by atoms with Crippen LogP contribution in [0.4, 0.5) is 5.69 Å². The molecule has 30 heavy (non-hydrogen) atoms.